The van der Waals surface area contributed by atoms with Crippen LogP contribution in [0.15, 0.2) is 30.3 Å². The molecule has 4 aliphatic carbocycles. The lowest BCUT2D eigenvalue weighted by molar-refractivity contribution is -0.136. The molecule has 0 spiro atoms. The van der Waals surface area contributed by atoms with E-state index in [9.17, 15) is 9.90 Å². The van der Waals surface area contributed by atoms with Crippen LogP contribution in [0.25, 0.3) is 0 Å². The molecule has 0 saturated heterocycles. The Morgan fingerprint density at radius 2 is 1.79 bits per heavy atom. The number of nitrogens with zero attached hydrogens (tertiary/aromatic N) is 1. The molecule has 4 saturated carbocycles. The molecular weight excluding hydrogens is 422 g/mol. The van der Waals surface area contributed by atoms with E-state index in [0.29, 0.717) is 37.4 Å². The van der Waals surface area contributed by atoms with Gasteiger partial charge in [0.05, 0.1) is 18.8 Å². The molecule has 1 aromatic rings. The lowest BCUT2D eigenvalue weighted by atomic mass is 9.49. The highest BCUT2D eigenvalue weighted by Gasteiger charge is 2.59. The first-order chi connectivity index (χ1) is 16.3. The number of carbonyl (C=O) groups excluding carboxylic acids is 1. The van der Waals surface area contributed by atoms with Crippen LogP contribution in [-0.4, -0.2) is 43.3 Å². The standard InChI is InChI=1S/C30H45NO3/c1-4-34-20-30(33)17-15-23-21(18-30)10-11-25-24(23)14-16-29(2)26(25)12-13-27(29)28(32)19-31(3)22-8-6-5-7-9-22/h5-9,21,23-27,33H,4,10-20H2,1-3H3/t21?,23?,24?,25?,26?,27-,29?,30-/m1/s1. The normalized spacial score (nSPS) is 41.3. The number of likely N-dealkylation sites (N-methyl/N-ethyl adjacent to an activating group) is 1. The molecule has 4 aliphatic rings. The summed E-state index contributed by atoms with van der Waals surface area (Å²) < 4.78 is 5.64. The monoisotopic (exact) mass is 467 g/mol. The van der Waals surface area contributed by atoms with E-state index in [4.69, 9.17) is 4.74 Å². The van der Waals surface area contributed by atoms with Crippen molar-refractivity contribution >= 4 is 11.5 Å². The Bertz CT molecular complexity index is 858. The van der Waals surface area contributed by atoms with Crippen molar-refractivity contribution in [1.29, 1.82) is 0 Å². The molecule has 1 aromatic carbocycles. The van der Waals surface area contributed by atoms with E-state index in [1.54, 1.807) is 0 Å². The topological polar surface area (TPSA) is 49.8 Å². The van der Waals surface area contributed by atoms with Gasteiger partial charge in [-0.15, -0.1) is 0 Å². The molecule has 34 heavy (non-hydrogen) atoms. The van der Waals surface area contributed by atoms with E-state index in [2.05, 4.69) is 31.0 Å². The maximum Gasteiger partial charge on any atom is 0.155 e. The minimum Gasteiger partial charge on any atom is -0.387 e. The summed E-state index contributed by atoms with van der Waals surface area (Å²) in [5, 5.41) is 11.1. The number of rotatable bonds is 7. The van der Waals surface area contributed by atoms with Crippen LogP contribution in [0, 0.1) is 40.9 Å². The van der Waals surface area contributed by atoms with Crippen molar-refractivity contribution in [3.63, 3.8) is 0 Å². The summed E-state index contributed by atoms with van der Waals surface area (Å²) in [5.74, 6) is 4.36. The number of carbonyl (C=O) groups is 1. The van der Waals surface area contributed by atoms with Crippen LogP contribution in [0.4, 0.5) is 5.69 Å². The van der Waals surface area contributed by atoms with E-state index >= 15 is 0 Å². The molecule has 0 heterocycles. The predicted octanol–water partition coefficient (Wildman–Crippen LogP) is 5.73. The van der Waals surface area contributed by atoms with Crippen molar-refractivity contribution in [2.24, 2.45) is 40.9 Å². The summed E-state index contributed by atoms with van der Waals surface area (Å²) in [6.07, 6.45) is 10.3. The Kier molecular flexibility index (Phi) is 6.85. The van der Waals surface area contributed by atoms with Gasteiger partial charge in [-0.1, -0.05) is 25.1 Å². The number of hydrogen-bond acceptors (Lipinski definition) is 4. The molecule has 1 N–H and O–H groups in total. The second-order valence-electron chi connectivity index (χ2n) is 12.4. The third kappa shape index (κ3) is 4.34. The fraction of sp³-hybridized carbons (Fsp3) is 0.767. The highest BCUT2D eigenvalue weighted by Crippen LogP contribution is 2.64. The number of aliphatic hydroxyl groups is 1. The zero-order valence-electron chi connectivity index (χ0n) is 21.5. The van der Waals surface area contributed by atoms with Gasteiger partial charge < -0.3 is 14.7 Å². The Hall–Kier alpha value is -1.39. The second kappa shape index (κ2) is 9.58. The first-order valence-corrected chi connectivity index (χ1v) is 13.9. The average Bonchev–Trinajstić information content (AvgIpc) is 3.20. The van der Waals surface area contributed by atoms with Gasteiger partial charge in [0.15, 0.2) is 5.78 Å². The van der Waals surface area contributed by atoms with Crippen LogP contribution in [0.3, 0.4) is 0 Å². The SMILES string of the molecule is CCOC[C@@]1(O)CCC2C(CCC3C2CCC2(C)C3CC[C@@H]2C(=O)CN(C)c2ccccc2)C1. The molecule has 0 aromatic heterocycles. The van der Waals surface area contributed by atoms with Crippen molar-refractivity contribution in [3.05, 3.63) is 30.3 Å². The summed E-state index contributed by atoms with van der Waals surface area (Å²) in [5.41, 5.74) is 0.690. The highest BCUT2D eigenvalue weighted by molar-refractivity contribution is 5.86. The van der Waals surface area contributed by atoms with Crippen LogP contribution in [0.1, 0.15) is 71.6 Å². The maximum absolute atomic E-state index is 13.6. The predicted molar refractivity (Wildman–Crippen MR) is 137 cm³/mol. The van der Waals surface area contributed by atoms with Gasteiger partial charge in [0.2, 0.25) is 0 Å². The molecule has 4 nitrogen and oxygen atoms in total. The Morgan fingerprint density at radius 3 is 2.56 bits per heavy atom. The quantitative estimate of drug-likeness (QED) is 0.556. The van der Waals surface area contributed by atoms with Crippen molar-refractivity contribution < 1.29 is 14.6 Å². The molecule has 5 rings (SSSR count). The molecule has 0 aliphatic heterocycles. The van der Waals surface area contributed by atoms with Crippen molar-refractivity contribution in [2.75, 3.05) is 31.7 Å². The Balaban J connectivity index is 1.25. The molecular formula is C30H45NO3. The van der Waals surface area contributed by atoms with Crippen molar-refractivity contribution in [3.8, 4) is 0 Å². The summed E-state index contributed by atoms with van der Waals surface area (Å²) in [7, 11) is 2.05. The number of ketones is 1. The smallest absolute Gasteiger partial charge is 0.155 e. The van der Waals surface area contributed by atoms with Crippen LogP contribution >= 0.6 is 0 Å². The van der Waals surface area contributed by atoms with E-state index in [1.807, 2.05) is 25.1 Å². The molecule has 0 bridgehead atoms. The minimum absolute atomic E-state index is 0.174. The highest BCUT2D eigenvalue weighted by atomic mass is 16.5. The zero-order valence-corrected chi connectivity index (χ0v) is 21.5. The van der Waals surface area contributed by atoms with Gasteiger partial charge >= 0.3 is 0 Å². The molecule has 0 radical (unpaired) electrons. The molecule has 6 unspecified atom stereocenters. The third-order valence-electron chi connectivity index (χ3n) is 10.7. The van der Waals surface area contributed by atoms with E-state index in [1.165, 1.54) is 32.1 Å². The van der Waals surface area contributed by atoms with Crippen LogP contribution < -0.4 is 4.90 Å². The van der Waals surface area contributed by atoms with Crippen LogP contribution in [0.5, 0.6) is 0 Å². The van der Waals surface area contributed by atoms with Gasteiger partial charge in [-0.2, -0.15) is 0 Å². The van der Waals surface area contributed by atoms with E-state index in [0.717, 1.165) is 49.1 Å². The molecule has 0 amide bonds. The summed E-state index contributed by atoms with van der Waals surface area (Å²) >= 11 is 0. The molecule has 4 fully saturated rings. The number of anilines is 1. The molecule has 8 atom stereocenters. The van der Waals surface area contributed by atoms with Crippen molar-refractivity contribution in [2.45, 2.75) is 77.2 Å². The summed E-state index contributed by atoms with van der Waals surface area (Å²) in [4.78, 5) is 15.7. The first-order valence-electron chi connectivity index (χ1n) is 13.9. The Morgan fingerprint density at radius 1 is 1.03 bits per heavy atom. The number of fused-ring (bicyclic) bond motifs is 5. The lowest BCUT2D eigenvalue weighted by Crippen LogP contribution is -2.52. The first kappa shape index (κ1) is 24.3. The average molecular weight is 468 g/mol. The van der Waals surface area contributed by atoms with Gasteiger partial charge in [0, 0.05) is 25.3 Å². The van der Waals surface area contributed by atoms with E-state index in [-0.39, 0.29) is 11.3 Å². The van der Waals surface area contributed by atoms with Gasteiger partial charge in [-0.05, 0) is 112 Å². The van der Waals surface area contributed by atoms with E-state index < -0.39 is 5.60 Å². The summed E-state index contributed by atoms with van der Waals surface area (Å²) in [6.45, 7) is 6.18. The largest absolute Gasteiger partial charge is 0.387 e. The van der Waals surface area contributed by atoms with Crippen LogP contribution in [0.2, 0.25) is 0 Å². The van der Waals surface area contributed by atoms with Gasteiger partial charge in [-0.3, -0.25) is 4.79 Å². The Labute approximate surface area is 206 Å². The number of ether oxygens (including phenoxy) is 1. The van der Waals surface area contributed by atoms with Gasteiger partial charge in [0.25, 0.3) is 0 Å². The zero-order chi connectivity index (χ0) is 23.9. The fourth-order valence-corrected chi connectivity index (χ4v) is 9.03. The lowest BCUT2D eigenvalue weighted by Gasteiger charge is -2.57. The second-order valence-corrected chi connectivity index (χ2v) is 12.4. The van der Waals surface area contributed by atoms with Gasteiger partial charge in [0.1, 0.15) is 0 Å². The minimum atomic E-state index is -0.608. The number of para-hydroxylation sites is 1. The van der Waals surface area contributed by atoms with Crippen molar-refractivity contribution in [1.82, 2.24) is 0 Å². The number of benzene rings is 1. The van der Waals surface area contributed by atoms with Gasteiger partial charge in [-0.25, -0.2) is 0 Å². The molecule has 188 valence electrons. The number of Topliss-reactive ketones (excluding diaryl/α,β-unsaturated/α-hetero) is 1. The third-order valence-corrected chi connectivity index (χ3v) is 10.7. The summed E-state index contributed by atoms with van der Waals surface area (Å²) in [6, 6.07) is 10.3. The molecule has 4 heteroatoms. The number of hydrogen-bond donors (Lipinski definition) is 1. The van der Waals surface area contributed by atoms with Crippen LogP contribution in [-0.2, 0) is 9.53 Å². The fourth-order valence-electron chi connectivity index (χ4n) is 9.03. The maximum atomic E-state index is 13.6.